The summed E-state index contributed by atoms with van der Waals surface area (Å²) < 4.78 is 0. The second-order valence-electron chi connectivity index (χ2n) is 5.91. The third kappa shape index (κ3) is 3.01. The highest BCUT2D eigenvalue weighted by atomic mass is 79.9. The molecule has 1 unspecified atom stereocenters. The van der Waals surface area contributed by atoms with Crippen LogP contribution in [0.15, 0.2) is 24.3 Å². The summed E-state index contributed by atoms with van der Waals surface area (Å²) in [6.45, 7) is 4.39. The van der Waals surface area contributed by atoms with Crippen molar-refractivity contribution in [1.82, 2.24) is 0 Å². The van der Waals surface area contributed by atoms with Crippen molar-refractivity contribution < 1.29 is 0 Å². The van der Waals surface area contributed by atoms with Gasteiger partial charge < -0.3 is 0 Å². The van der Waals surface area contributed by atoms with Crippen LogP contribution in [0, 0.1) is 13.8 Å². The van der Waals surface area contributed by atoms with E-state index < -0.39 is 0 Å². The molecule has 1 aliphatic rings. The zero-order valence-corrected chi connectivity index (χ0v) is 14.6. The first kappa shape index (κ1) is 14.3. The number of fused-ring (bicyclic) bond motifs is 1. The average Bonchev–Trinajstić information content (AvgIpc) is 2.87. The molecule has 3 rings (SSSR count). The van der Waals surface area contributed by atoms with Crippen LogP contribution in [0.4, 0.5) is 0 Å². The Morgan fingerprint density at radius 2 is 1.95 bits per heavy atom. The van der Waals surface area contributed by atoms with Crippen LogP contribution in [-0.4, -0.2) is 0 Å². The largest absolute Gasteiger partial charge is 0.144 e. The molecule has 1 heterocycles. The molecule has 0 nitrogen and oxygen atoms in total. The van der Waals surface area contributed by atoms with E-state index >= 15 is 0 Å². The molecular formula is C18H21BrS. The van der Waals surface area contributed by atoms with Crippen LogP contribution < -0.4 is 0 Å². The Morgan fingerprint density at radius 3 is 2.75 bits per heavy atom. The van der Waals surface area contributed by atoms with E-state index in [2.05, 4.69) is 54.0 Å². The molecule has 0 saturated heterocycles. The first-order chi connectivity index (χ1) is 9.63. The summed E-state index contributed by atoms with van der Waals surface area (Å²) in [5.41, 5.74) is 5.84. The lowest BCUT2D eigenvalue weighted by molar-refractivity contribution is 0.697. The van der Waals surface area contributed by atoms with E-state index in [-0.39, 0.29) is 0 Å². The number of hydrogen-bond donors (Lipinski definition) is 0. The molecule has 0 N–H and O–H groups in total. The van der Waals surface area contributed by atoms with E-state index in [1.165, 1.54) is 47.3 Å². The average molecular weight is 349 g/mol. The number of thiophene rings is 1. The summed E-state index contributed by atoms with van der Waals surface area (Å²) in [4.78, 5) is 3.60. The molecule has 20 heavy (non-hydrogen) atoms. The van der Waals surface area contributed by atoms with Gasteiger partial charge in [-0.05, 0) is 68.7 Å². The monoisotopic (exact) mass is 348 g/mol. The summed E-state index contributed by atoms with van der Waals surface area (Å²) in [5.74, 6) is 0. The third-order valence-electron chi connectivity index (χ3n) is 4.23. The van der Waals surface area contributed by atoms with Crippen LogP contribution in [0.25, 0.3) is 0 Å². The maximum atomic E-state index is 3.92. The van der Waals surface area contributed by atoms with Crippen LogP contribution >= 0.6 is 27.3 Å². The highest BCUT2D eigenvalue weighted by Crippen LogP contribution is 2.38. The summed E-state index contributed by atoms with van der Waals surface area (Å²) >= 11 is 5.94. The SMILES string of the molecule is Cc1ccc(C)c(CC(Br)c2cc3c(s2)CCCC3)c1. The molecule has 0 spiro atoms. The zero-order valence-electron chi connectivity index (χ0n) is 12.2. The molecule has 0 saturated carbocycles. The fourth-order valence-electron chi connectivity index (χ4n) is 2.98. The molecule has 0 radical (unpaired) electrons. The number of halogens is 1. The first-order valence-corrected chi connectivity index (χ1v) is 9.18. The highest BCUT2D eigenvalue weighted by Gasteiger charge is 2.18. The lowest BCUT2D eigenvalue weighted by Crippen LogP contribution is -1.97. The fraction of sp³-hybridized carbons (Fsp3) is 0.444. The lowest BCUT2D eigenvalue weighted by atomic mass is 9.98. The second-order valence-corrected chi connectivity index (χ2v) is 8.18. The summed E-state index contributed by atoms with van der Waals surface area (Å²) in [5, 5.41) is 0. The Balaban J connectivity index is 1.80. The van der Waals surface area contributed by atoms with Gasteiger partial charge in [-0.15, -0.1) is 11.3 Å². The minimum Gasteiger partial charge on any atom is -0.144 e. The van der Waals surface area contributed by atoms with Crippen LogP contribution in [0.3, 0.4) is 0 Å². The van der Waals surface area contributed by atoms with Gasteiger partial charge in [0.2, 0.25) is 0 Å². The maximum Gasteiger partial charge on any atom is 0.0529 e. The molecule has 2 aromatic rings. The molecule has 106 valence electrons. The van der Waals surface area contributed by atoms with Gasteiger partial charge in [0.15, 0.2) is 0 Å². The van der Waals surface area contributed by atoms with E-state index in [1.807, 2.05) is 11.3 Å². The van der Waals surface area contributed by atoms with Gasteiger partial charge in [-0.25, -0.2) is 0 Å². The molecule has 0 bridgehead atoms. The van der Waals surface area contributed by atoms with Gasteiger partial charge in [0.25, 0.3) is 0 Å². The van der Waals surface area contributed by atoms with Crippen LogP contribution in [0.5, 0.6) is 0 Å². The molecule has 1 atom stereocenters. The molecule has 2 heteroatoms. The molecule has 1 aromatic carbocycles. The van der Waals surface area contributed by atoms with E-state index in [9.17, 15) is 0 Å². The minimum atomic E-state index is 0.457. The van der Waals surface area contributed by atoms with Crippen LogP contribution in [0.1, 0.15) is 49.7 Å². The van der Waals surface area contributed by atoms with Crippen molar-refractivity contribution in [2.75, 3.05) is 0 Å². The normalized spacial score (nSPS) is 15.9. The molecule has 0 amide bonds. The zero-order chi connectivity index (χ0) is 14.1. The Labute approximate surface area is 134 Å². The predicted octanol–water partition coefficient (Wildman–Crippen LogP) is 5.92. The number of rotatable bonds is 3. The summed E-state index contributed by atoms with van der Waals surface area (Å²) in [7, 11) is 0. The van der Waals surface area contributed by atoms with Gasteiger partial charge in [0, 0.05) is 9.75 Å². The van der Waals surface area contributed by atoms with Crippen molar-refractivity contribution in [3.05, 3.63) is 56.3 Å². The standard InChI is InChI=1S/C18H21BrS/c1-12-7-8-13(2)15(9-12)10-16(19)18-11-14-5-3-4-6-17(14)20-18/h7-9,11,16H,3-6,10H2,1-2H3. The van der Waals surface area contributed by atoms with Crippen LogP contribution in [0.2, 0.25) is 0 Å². The Kier molecular flexibility index (Phi) is 4.32. The molecule has 1 aromatic heterocycles. The third-order valence-corrected chi connectivity index (χ3v) is 6.70. The molecule has 0 aliphatic heterocycles. The minimum absolute atomic E-state index is 0.457. The van der Waals surface area contributed by atoms with Crippen molar-refractivity contribution >= 4 is 27.3 Å². The first-order valence-electron chi connectivity index (χ1n) is 7.45. The van der Waals surface area contributed by atoms with Crippen molar-refractivity contribution in [3.63, 3.8) is 0 Å². The smallest absolute Gasteiger partial charge is 0.0529 e. The van der Waals surface area contributed by atoms with E-state index in [1.54, 1.807) is 10.4 Å². The number of alkyl halides is 1. The molecular weight excluding hydrogens is 328 g/mol. The summed E-state index contributed by atoms with van der Waals surface area (Å²) in [6.07, 6.45) is 6.41. The topological polar surface area (TPSA) is 0 Å². The second kappa shape index (κ2) is 6.03. The van der Waals surface area contributed by atoms with E-state index in [0.717, 1.165) is 6.42 Å². The van der Waals surface area contributed by atoms with Crippen molar-refractivity contribution in [3.8, 4) is 0 Å². The number of hydrogen-bond acceptors (Lipinski definition) is 1. The van der Waals surface area contributed by atoms with Crippen LogP contribution in [-0.2, 0) is 19.3 Å². The fourth-order valence-corrected chi connectivity index (χ4v) is 4.98. The predicted molar refractivity (Wildman–Crippen MR) is 92.2 cm³/mol. The van der Waals surface area contributed by atoms with Crippen molar-refractivity contribution in [2.45, 2.75) is 50.8 Å². The Morgan fingerprint density at radius 1 is 1.15 bits per heavy atom. The molecule has 0 fully saturated rings. The van der Waals surface area contributed by atoms with Gasteiger partial charge in [0.05, 0.1) is 4.83 Å². The van der Waals surface area contributed by atoms with Crippen molar-refractivity contribution in [1.29, 1.82) is 0 Å². The Bertz CT molecular complexity index is 588. The van der Waals surface area contributed by atoms with Gasteiger partial charge in [0.1, 0.15) is 0 Å². The van der Waals surface area contributed by atoms with Gasteiger partial charge in [-0.3, -0.25) is 0 Å². The van der Waals surface area contributed by atoms with Crippen molar-refractivity contribution in [2.24, 2.45) is 0 Å². The highest BCUT2D eigenvalue weighted by molar-refractivity contribution is 9.09. The van der Waals surface area contributed by atoms with E-state index in [0.29, 0.717) is 4.83 Å². The lowest BCUT2D eigenvalue weighted by Gasteiger charge is -2.11. The summed E-state index contributed by atoms with van der Waals surface area (Å²) in [6, 6.07) is 9.22. The number of aryl methyl sites for hydroxylation is 4. The van der Waals surface area contributed by atoms with Gasteiger partial charge in [-0.2, -0.15) is 0 Å². The van der Waals surface area contributed by atoms with E-state index in [4.69, 9.17) is 0 Å². The number of benzene rings is 1. The quantitative estimate of drug-likeness (QED) is 0.603. The maximum absolute atomic E-state index is 3.92. The van der Waals surface area contributed by atoms with Gasteiger partial charge >= 0.3 is 0 Å². The van der Waals surface area contributed by atoms with Gasteiger partial charge in [-0.1, -0.05) is 39.7 Å². The Hall–Kier alpha value is -0.600. The molecule has 1 aliphatic carbocycles.